The molecule has 1 aromatic heterocycles. The standard InChI is InChI=1S/C16H12Cl2N6O2S/c17-11-5-10(6-12(18)15(11)20)27(25,26)23-13-3-1-2-4-14(13)24-16(21)9(7-19)8-22-24/h1-6,8,23H,20-21H2. The van der Waals surface area contributed by atoms with E-state index < -0.39 is 10.0 Å². The molecule has 0 saturated heterocycles. The second-order valence-corrected chi connectivity index (χ2v) is 7.89. The zero-order valence-electron chi connectivity index (χ0n) is 13.5. The number of halogens is 2. The van der Waals surface area contributed by atoms with E-state index >= 15 is 0 Å². The maximum Gasteiger partial charge on any atom is 0.262 e. The molecular weight excluding hydrogens is 411 g/mol. The lowest BCUT2D eigenvalue weighted by atomic mass is 10.2. The number of hydrogen-bond acceptors (Lipinski definition) is 6. The normalized spacial score (nSPS) is 11.1. The Hall–Kier alpha value is -2.93. The number of nitrogen functional groups attached to an aromatic ring is 2. The minimum Gasteiger partial charge on any atom is -0.396 e. The fourth-order valence-electron chi connectivity index (χ4n) is 2.30. The van der Waals surface area contributed by atoms with Crippen LogP contribution in [0.4, 0.5) is 17.2 Å². The first-order valence-corrected chi connectivity index (χ1v) is 9.59. The Kier molecular flexibility index (Phi) is 4.89. The topological polar surface area (TPSA) is 140 Å². The molecule has 0 radical (unpaired) electrons. The van der Waals surface area contributed by atoms with Crippen LogP contribution in [-0.4, -0.2) is 18.2 Å². The lowest BCUT2D eigenvalue weighted by molar-refractivity contribution is 0.601. The van der Waals surface area contributed by atoms with E-state index in [9.17, 15) is 8.42 Å². The van der Waals surface area contributed by atoms with E-state index in [1.165, 1.54) is 29.1 Å². The van der Waals surface area contributed by atoms with Crippen molar-refractivity contribution in [3.05, 3.63) is 58.2 Å². The van der Waals surface area contributed by atoms with Crippen molar-refractivity contribution in [3.8, 4) is 11.8 Å². The first-order valence-electron chi connectivity index (χ1n) is 7.35. The van der Waals surface area contributed by atoms with E-state index in [2.05, 4.69) is 9.82 Å². The fraction of sp³-hybridized carbons (Fsp3) is 0. The lowest BCUT2D eigenvalue weighted by Crippen LogP contribution is -2.15. The predicted molar refractivity (Wildman–Crippen MR) is 104 cm³/mol. The monoisotopic (exact) mass is 422 g/mol. The van der Waals surface area contributed by atoms with Crippen LogP contribution in [0.1, 0.15) is 5.56 Å². The highest BCUT2D eigenvalue weighted by Gasteiger charge is 2.20. The molecule has 1 heterocycles. The van der Waals surface area contributed by atoms with E-state index in [-0.39, 0.29) is 37.7 Å². The molecule has 11 heteroatoms. The molecule has 0 unspecified atom stereocenters. The fourth-order valence-corrected chi connectivity index (χ4v) is 4.04. The molecular formula is C16H12Cl2N6O2S. The highest BCUT2D eigenvalue weighted by atomic mass is 35.5. The van der Waals surface area contributed by atoms with Gasteiger partial charge in [-0.25, -0.2) is 13.1 Å². The van der Waals surface area contributed by atoms with Crippen molar-refractivity contribution < 1.29 is 8.42 Å². The molecule has 2 aromatic carbocycles. The number of aromatic nitrogens is 2. The van der Waals surface area contributed by atoms with Gasteiger partial charge in [-0.2, -0.15) is 10.4 Å². The molecule has 0 amide bonds. The first-order chi connectivity index (χ1) is 12.7. The Morgan fingerprint density at radius 3 is 2.37 bits per heavy atom. The molecule has 3 rings (SSSR count). The maximum absolute atomic E-state index is 12.8. The molecule has 5 N–H and O–H groups in total. The Bertz CT molecular complexity index is 1160. The van der Waals surface area contributed by atoms with Gasteiger partial charge < -0.3 is 11.5 Å². The number of para-hydroxylation sites is 2. The van der Waals surface area contributed by atoms with Crippen molar-refractivity contribution in [2.45, 2.75) is 4.90 Å². The second-order valence-electron chi connectivity index (χ2n) is 5.39. The molecule has 3 aromatic rings. The Morgan fingerprint density at radius 2 is 1.78 bits per heavy atom. The van der Waals surface area contributed by atoms with E-state index in [1.54, 1.807) is 18.2 Å². The summed E-state index contributed by atoms with van der Waals surface area (Å²) in [4.78, 5) is -0.160. The van der Waals surface area contributed by atoms with Crippen LogP contribution in [0.5, 0.6) is 0 Å². The van der Waals surface area contributed by atoms with Gasteiger partial charge >= 0.3 is 0 Å². The van der Waals surface area contributed by atoms with Gasteiger partial charge in [0.25, 0.3) is 10.0 Å². The number of nitrogens with one attached hydrogen (secondary N) is 1. The van der Waals surface area contributed by atoms with Crippen LogP contribution < -0.4 is 16.2 Å². The van der Waals surface area contributed by atoms with Crippen molar-refractivity contribution in [3.63, 3.8) is 0 Å². The van der Waals surface area contributed by atoms with Crippen LogP contribution in [0.25, 0.3) is 5.69 Å². The molecule has 138 valence electrons. The quantitative estimate of drug-likeness (QED) is 0.551. The summed E-state index contributed by atoms with van der Waals surface area (Å²) >= 11 is 11.9. The molecule has 0 saturated carbocycles. The summed E-state index contributed by atoms with van der Waals surface area (Å²) < 4.78 is 29.2. The molecule has 0 aliphatic carbocycles. The van der Waals surface area contributed by atoms with Crippen LogP contribution in [0.3, 0.4) is 0 Å². The van der Waals surface area contributed by atoms with E-state index in [1.807, 2.05) is 6.07 Å². The van der Waals surface area contributed by atoms with Gasteiger partial charge in [0, 0.05) is 0 Å². The summed E-state index contributed by atoms with van der Waals surface area (Å²) in [5.74, 6) is 0.0859. The number of hydrogen-bond donors (Lipinski definition) is 3. The molecule has 0 fully saturated rings. The van der Waals surface area contributed by atoms with E-state index in [0.717, 1.165) is 0 Å². The largest absolute Gasteiger partial charge is 0.396 e. The number of nitrogens with zero attached hydrogens (tertiary/aromatic N) is 3. The summed E-state index contributed by atoms with van der Waals surface area (Å²) in [7, 11) is -4.04. The smallest absolute Gasteiger partial charge is 0.262 e. The molecule has 0 aliphatic heterocycles. The average molecular weight is 423 g/mol. The average Bonchev–Trinajstić information content (AvgIpc) is 3.00. The minimum absolute atomic E-state index is 0.0196. The highest BCUT2D eigenvalue weighted by molar-refractivity contribution is 7.92. The maximum atomic E-state index is 12.8. The van der Waals surface area contributed by atoms with Crippen molar-refractivity contribution in [1.29, 1.82) is 5.26 Å². The molecule has 27 heavy (non-hydrogen) atoms. The van der Waals surface area contributed by atoms with Crippen LogP contribution >= 0.6 is 23.2 Å². The number of nitrogens with two attached hydrogens (primary N) is 2. The van der Waals surface area contributed by atoms with Crippen molar-refractivity contribution >= 4 is 50.4 Å². The van der Waals surface area contributed by atoms with Gasteiger partial charge in [-0.15, -0.1) is 0 Å². The van der Waals surface area contributed by atoms with Crippen LogP contribution in [-0.2, 0) is 10.0 Å². The third-order valence-corrected chi connectivity index (χ3v) is 5.64. The third-order valence-electron chi connectivity index (χ3n) is 3.67. The van der Waals surface area contributed by atoms with Crippen LogP contribution in [0, 0.1) is 11.3 Å². The first kappa shape index (κ1) is 18.8. The Morgan fingerprint density at radius 1 is 1.15 bits per heavy atom. The zero-order valence-corrected chi connectivity index (χ0v) is 15.8. The SMILES string of the molecule is N#Cc1cnn(-c2ccccc2NS(=O)(=O)c2cc(Cl)c(N)c(Cl)c2)c1N. The van der Waals surface area contributed by atoms with Crippen molar-refractivity contribution in [1.82, 2.24) is 9.78 Å². The van der Waals surface area contributed by atoms with Crippen molar-refractivity contribution in [2.75, 3.05) is 16.2 Å². The number of rotatable bonds is 4. The van der Waals surface area contributed by atoms with Crippen LogP contribution in [0.15, 0.2) is 47.5 Å². The molecule has 0 bridgehead atoms. The number of anilines is 3. The highest BCUT2D eigenvalue weighted by Crippen LogP contribution is 2.32. The molecule has 0 atom stereocenters. The predicted octanol–water partition coefficient (Wildman–Crippen LogP) is 3.02. The second kappa shape index (κ2) is 7.00. The molecule has 0 spiro atoms. The number of benzene rings is 2. The Labute approximate surface area is 165 Å². The molecule has 8 nitrogen and oxygen atoms in total. The minimum atomic E-state index is -4.04. The summed E-state index contributed by atoms with van der Waals surface area (Å²) in [5.41, 5.74) is 12.3. The summed E-state index contributed by atoms with van der Waals surface area (Å²) in [6.07, 6.45) is 1.29. The van der Waals surface area contributed by atoms with Crippen molar-refractivity contribution in [2.24, 2.45) is 0 Å². The van der Waals surface area contributed by atoms with Gasteiger partial charge in [-0.1, -0.05) is 35.3 Å². The zero-order chi connectivity index (χ0) is 19.8. The number of sulfonamides is 1. The van der Waals surface area contributed by atoms with Gasteiger partial charge in [0.1, 0.15) is 17.5 Å². The Balaban J connectivity index is 2.06. The lowest BCUT2D eigenvalue weighted by Gasteiger charge is -2.14. The van der Waals surface area contributed by atoms with Gasteiger partial charge in [0.05, 0.1) is 38.2 Å². The van der Waals surface area contributed by atoms with Crippen LogP contribution in [0.2, 0.25) is 10.0 Å². The molecule has 0 aliphatic rings. The van der Waals surface area contributed by atoms with Gasteiger partial charge in [-0.05, 0) is 24.3 Å². The van der Waals surface area contributed by atoms with Gasteiger partial charge in [0.15, 0.2) is 0 Å². The van der Waals surface area contributed by atoms with E-state index in [4.69, 9.17) is 39.9 Å². The summed E-state index contributed by atoms with van der Waals surface area (Å²) in [5, 5.41) is 13.1. The van der Waals surface area contributed by atoms with E-state index in [0.29, 0.717) is 5.69 Å². The van der Waals surface area contributed by atoms with Gasteiger partial charge in [0.2, 0.25) is 0 Å². The summed E-state index contributed by atoms with van der Waals surface area (Å²) in [6, 6.07) is 10.7. The summed E-state index contributed by atoms with van der Waals surface area (Å²) in [6.45, 7) is 0. The number of nitriles is 1. The third kappa shape index (κ3) is 3.50. The van der Waals surface area contributed by atoms with Gasteiger partial charge in [-0.3, -0.25) is 4.72 Å².